The summed E-state index contributed by atoms with van der Waals surface area (Å²) in [7, 11) is 0. The van der Waals surface area contributed by atoms with Crippen LogP contribution in [0, 0.1) is 12.8 Å². The third-order valence-electron chi connectivity index (χ3n) is 4.74. The first-order valence-corrected chi connectivity index (χ1v) is 7.66. The largest absolute Gasteiger partial charge is 0.389 e. The molecule has 2 aliphatic rings. The minimum absolute atomic E-state index is 0.402. The Kier molecular flexibility index (Phi) is 3.64. The molecule has 0 aliphatic heterocycles. The zero-order valence-corrected chi connectivity index (χ0v) is 11.9. The summed E-state index contributed by atoms with van der Waals surface area (Å²) < 4.78 is 0. The van der Waals surface area contributed by atoms with E-state index in [9.17, 15) is 5.11 Å². The van der Waals surface area contributed by atoms with E-state index < -0.39 is 5.60 Å². The van der Waals surface area contributed by atoms with Crippen molar-refractivity contribution in [1.82, 2.24) is 5.32 Å². The van der Waals surface area contributed by atoms with Gasteiger partial charge in [0.2, 0.25) is 0 Å². The fraction of sp³-hybridized carbons (Fsp3) is 0.647. The molecule has 2 nitrogen and oxygen atoms in total. The van der Waals surface area contributed by atoms with Crippen LogP contribution >= 0.6 is 0 Å². The molecule has 19 heavy (non-hydrogen) atoms. The molecule has 0 aromatic heterocycles. The van der Waals surface area contributed by atoms with Crippen LogP contribution in [0.1, 0.15) is 43.2 Å². The van der Waals surface area contributed by atoms with Crippen LogP contribution in [-0.4, -0.2) is 23.3 Å². The summed E-state index contributed by atoms with van der Waals surface area (Å²) in [5.74, 6) is 0.824. The Balaban J connectivity index is 1.56. The van der Waals surface area contributed by atoms with Crippen molar-refractivity contribution < 1.29 is 5.11 Å². The van der Waals surface area contributed by atoms with E-state index in [4.69, 9.17) is 0 Å². The van der Waals surface area contributed by atoms with Gasteiger partial charge >= 0.3 is 0 Å². The first-order chi connectivity index (χ1) is 9.15. The number of hydrogen-bond donors (Lipinski definition) is 2. The monoisotopic (exact) mass is 259 g/mol. The van der Waals surface area contributed by atoms with E-state index in [0.717, 1.165) is 31.7 Å². The Morgan fingerprint density at radius 2 is 1.95 bits per heavy atom. The van der Waals surface area contributed by atoms with Crippen molar-refractivity contribution in [2.24, 2.45) is 5.92 Å². The van der Waals surface area contributed by atoms with Gasteiger partial charge in [0, 0.05) is 12.6 Å². The van der Waals surface area contributed by atoms with Gasteiger partial charge in [0.25, 0.3) is 0 Å². The van der Waals surface area contributed by atoms with Crippen LogP contribution in [0.25, 0.3) is 0 Å². The van der Waals surface area contributed by atoms with Gasteiger partial charge in [0.1, 0.15) is 0 Å². The number of hydrogen-bond acceptors (Lipinski definition) is 2. The molecule has 1 unspecified atom stereocenters. The second-order valence-electron chi connectivity index (χ2n) is 6.59. The molecule has 1 atom stereocenters. The predicted octanol–water partition coefficient (Wildman–Crippen LogP) is 2.82. The summed E-state index contributed by atoms with van der Waals surface area (Å²) in [6.07, 6.45) is 6.93. The molecule has 0 radical (unpaired) electrons. The lowest BCUT2D eigenvalue weighted by molar-refractivity contribution is -0.0336. The average molecular weight is 259 g/mol. The summed E-state index contributed by atoms with van der Waals surface area (Å²) in [5.41, 5.74) is 2.33. The fourth-order valence-electron chi connectivity index (χ4n) is 2.96. The van der Waals surface area contributed by atoms with E-state index in [0.29, 0.717) is 6.04 Å². The van der Waals surface area contributed by atoms with Crippen LogP contribution < -0.4 is 5.32 Å². The number of rotatable bonds is 6. The maximum atomic E-state index is 10.2. The van der Waals surface area contributed by atoms with E-state index in [1.54, 1.807) is 0 Å². The van der Waals surface area contributed by atoms with Gasteiger partial charge in [-0.3, -0.25) is 0 Å². The zero-order chi connectivity index (χ0) is 13.3. The molecule has 0 saturated heterocycles. The molecule has 2 saturated carbocycles. The fourth-order valence-corrected chi connectivity index (χ4v) is 2.96. The van der Waals surface area contributed by atoms with E-state index in [1.165, 1.54) is 30.4 Å². The average Bonchev–Trinajstić information content (AvgIpc) is 3.19. The third kappa shape index (κ3) is 3.37. The maximum absolute atomic E-state index is 10.2. The lowest BCUT2D eigenvalue weighted by Gasteiger charge is -2.38. The third-order valence-corrected chi connectivity index (χ3v) is 4.74. The molecule has 2 N–H and O–H groups in total. The van der Waals surface area contributed by atoms with Gasteiger partial charge < -0.3 is 10.4 Å². The second kappa shape index (κ2) is 5.26. The van der Waals surface area contributed by atoms with Crippen molar-refractivity contribution >= 4 is 0 Å². The zero-order valence-electron chi connectivity index (χ0n) is 11.9. The van der Waals surface area contributed by atoms with Crippen LogP contribution in [0.2, 0.25) is 0 Å². The minimum Gasteiger partial charge on any atom is -0.389 e. The number of aryl methyl sites for hydroxylation is 1. The van der Waals surface area contributed by atoms with E-state index in [-0.39, 0.29) is 0 Å². The standard InChI is InChI=1S/C17H25NO/c1-13-3-5-14(6-4-13)11-16(15-7-8-15)18-12-17(19)9-2-10-17/h3-6,15-16,18-19H,2,7-12H2,1H3. The van der Waals surface area contributed by atoms with Crippen LogP contribution in [0.4, 0.5) is 0 Å². The van der Waals surface area contributed by atoms with Crippen molar-refractivity contribution in [2.45, 2.75) is 57.1 Å². The van der Waals surface area contributed by atoms with Crippen molar-refractivity contribution in [1.29, 1.82) is 0 Å². The first-order valence-electron chi connectivity index (χ1n) is 7.66. The van der Waals surface area contributed by atoms with Gasteiger partial charge in [-0.25, -0.2) is 0 Å². The molecule has 1 aromatic carbocycles. The minimum atomic E-state index is -0.402. The highest BCUT2D eigenvalue weighted by molar-refractivity contribution is 5.22. The first kappa shape index (κ1) is 13.1. The smallest absolute Gasteiger partial charge is 0.0771 e. The number of aliphatic hydroxyl groups is 1. The Labute approximate surface area is 116 Å². The molecule has 104 valence electrons. The van der Waals surface area contributed by atoms with Crippen molar-refractivity contribution in [3.8, 4) is 0 Å². The van der Waals surface area contributed by atoms with Gasteiger partial charge in [-0.15, -0.1) is 0 Å². The lowest BCUT2D eigenvalue weighted by atomic mass is 9.80. The molecule has 2 aliphatic carbocycles. The molecular weight excluding hydrogens is 234 g/mol. The summed E-state index contributed by atoms with van der Waals surface area (Å²) in [6, 6.07) is 9.42. The van der Waals surface area contributed by atoms with Crippen LogP contribution in [0.15, 0.2) is 24.3 Å². The molecule has 1 aromatic rings. The van der Waals surface area contributed by atoms with Crippen molar-refractivity contribution in [3.05, 3.63) is 35.4 Å². The lowest BCUT2D eigenvalue weighted by Crippen LogP contribution is -2.49. The molecule has 0 spiro atoms. The molecule has 2 heteroatoms. The molecule has 2 fully saturated rings. The summed E-state index contributed by atoms with van der Waals surface area (Å²) in [4.78, 5) is 0. The van der Waals surface area contributed by atoms with E-state index in [1.807, 2.05) is 0 Å². The topological polar surface area (TPSA) is 32.3 Å². The molecule has 0 bridgehead atoms. The molecule has 0 amide bonds. The summed E-state index contributed by atoms with van der Waals surface area (Å²) in [6.45, 7) is 2.91. The van der Waals surface area contributed by atoms with Crippen molar-refractivity contribution in [3.63, 3.8) is 0 Å². The maximum Gasteiger partial charge on any atom is 0.0771 e. The van der Waals surface area contributed by atoms with Gasteiger partial charge in [0.15, 0.2) is 0 Å². The van der Waals surface area contributed by atoms with Gasteiger partial charge in [0.05, 0.1) is 5.60 Å². The Hall–Kier alpha value is -0.860. The Morgan fingerprint density at radius 1 is 1.26 bits per heavy atom. The highest BCUT2D eigenvalue weighted by Crippen LogP contribution is 2.36. The second-order valence-corrected chi connectivity index (χ2v) is 6.59. The van der Waals surface area contributed by atoms with Gasteiger partial charge in [-0.05, 0) is 56.9 Å². The molecule has 3 rings (SSSR count). The van der Waals surface area contributed by atoms with Crippen LogP contribution in [0.5, 0.6) is 0 Å². The van der Waals surface area contributed by atoms with Gasteiger partial charge in [-0.1, -0.05) is 29.8 Å². The Bertz CT molecular complexity index is 417. The SMILES string of the molecule is Cc1ccc(CC(NCC2(O)CCC2)C2CC2)cc1. The van der Waals surface area contributed by atoms with Gasteiger partial charge in [-0.2, -0.15) is 0 Å². The van der Waals surface area contributed by atoms with Crippen LogP contribution in [-0.2, 0) is 6.42 Å². The predicted molar refractivity (Wildman–Crippen MR) is 78.2 cm³/mol. The highest BCUT2D eigenvalue weighted by Gasteiger charge is 2.37. The Morgan fingerprint density at radius 3 is 2.47 bits per heavy atom. The summed E-state index contributed by atoms with van der Waals surface area (Å²) in [5, 5.41) is 13.8. The normalized spacial score (nSPS) is 22.8. The van der Waals surface area contributed by atoms with Crippen molar-refractivity contribution in [2.75, 3.05) is 6.54 Å². The van der Waals surface area contributed by atoms with Crippen LogP contribution in [0.3, 0.4) is 0 Å². The number of nitrogens with one attached hydrogen (secondary N) is 1. The quantitative estimate of drug-likeness (QED) is 0.823. The number of benzene rings is 1. The van der Waals surface area contributed by atoms with E-state index in [2.05, 4.69) is 36.5 Å². The molecular formula is C17H25NO. The highest BCUT2D eigenvalue weighted by atomic mass is 16.3. The molecule has 0 heterocycles. The van der Waals surface area contributed by atoms with E-state index >= 15 is 0 Å². The summed E-state index contributed by atoms with van der Waals surface area (Å²) >= 11 is 0.